The largest absolute Gasteiger partial charge is 0.391 e. The van der Waals surface area contributed by atoms with Gasteiger partial charge in [-0.15, -0.1) is 0 Å². The predicted octanol–water partition coefficient (Wildman–Crippen LogP) is -0.0786. The Morgan fingerprint density at radius 2 is 2.07 bits per heavy atom. The van der Waals surface area contributed by atoms with Crippen molar-refractivity contribution in [2.45, 2.75) is 25.4 Å². The summed E-state index contributed by atoms with van der Waals surface area (Å²) >= 11 is 0. The van der Waals surface area contributed by atoms with Crippen LogP contribution in [0.1, 0.15) is 19.3 Å². The molecule has 2 aliphatic heterocycles. The lowest BCUT2D eigenvalue weighted by Crippen LogP contribution is -2.43. The summed E-state index contributed by atoms with van der Waals surface area (Å²) in [5, 5.41) is 9.39. The normalized spacial score (nSPS) is 33.3. The molecule has 0 unspecified atom stereocenters. The minimum atomic E-state index is -0.296. The van der Waals surface area contributed by atoms with Crippen LogP contribution in [0.3, 0.4) is 0 Å². The Morgan fingerprint density at radius 1 is 1.27 bits per heavy atom. The molecule has 86 valence electrons. The molecule has 15 heavy (non-hydrogen) atoms. The number of piperidine rings is 1. The van der Waals surface area contributed by atoms with Crippen LogP contribution in [0.4, 0.5) is 0 Å². The number of likely N-dealkylation sites (tertiary alicyclic amines) is 2. The summed E-state index contributed by atoms with van der Waals surface area (Å²) in [4.78, 5) is 16.1. The van der Waals surface area contributed by atoms with Gasteiger partial charge in [-0.1, -0.05) is 0 Å². The molecule has 2 saturated heterocycles. The maximum Gasteiger partial charge on any atom is 0.227 e. The van der Waals surface area contributed by atoms with E-state index < -0.39 is 0 Å². The van der Waals surface area contributed by atoms with Crippen molar-refractivity contribution in [3.63, 3.8) is 0 Å². The second kappa shape index (κ2) is 4.49. The third-order valence-corrected chi connectivity index (χ3v) is 3.45. The highest BCUT2D eigenvalue weighted by molar-refractivity contribution is 5.79. The molecule has 4 heteroatoms. The third kappa shape index (κ3) is 2.49. The van der Waals surface area contributed by atoms with Crippen LogP contribution < -0.4 is 0 Å². The van der Waals surface area contributed by atoms with Crippen molar-refractivity contribution in [1.82, 2.24) is 9.80 Å². The number of rotatable bonds is 1. The van der Waals surface area contributed by atoms with Crippen LogP contribution in [0.5, 0.6) is 0 Å². The van der Waals surface area contributed by atoms with E-state index in [0.717, 1.165) is 38.9 Å². The van der Waals surface area contributed by atoms with Crippen LogP contribution in [0, 0.1) is 5.92 Å². The first-order valence-electron chi connectivity index (χ1n) is 5.82. The van der Waals surface area contributed by atoms with Gasteiger partial charge in [0.15, 0.2) is 0 Å². The number of aliphatic hydroxyl groups is 1. The molecule has 2 heterocycles. The molecule has 2 rings (SSSR count). The monoisotopic (exact) mass is 212 g/mol. The van der Waals surface area contributed by atoms with Crippen molar-refractivity contribution in [2.24, 2.45) is 5.92 Å². The number of hydrogen-bond acceptors (Lipinski definition) is 3. The molecule has 0 aromatic carbocycles. The Morgan fingerprint density at radius 3 is 2.67 bits per heavy atom. The lowest BCUT2D eigenvalue weighted by Gasteiger charge is -2.31. The number of β-amino-alcohol motifs (C(OH)–C–C–N with tert-alkyl or cyclic N) is 1. The molecule has 0 radical (unpaired) electrons. The smallest absolute Gasteiger partial charge is 0.227 e. The topological polar surface area (TPSA) is 43.8 Å². The van der Waals surface area contributed by atoms with Crippen LogP contribution in [-0.4, -0.2) is 60.1 Å². The molecule has 0 saturated carbocycles. The first-order chi connectivity index (χ1) is 7.16. The summed E-state index contributed by atoms with van der Waals surface area (Å²) in [6, 6.07) is 0. The zero-order chi connectivity index (χ0) is 10.8. The van der Waals surface area contributed by atoms with Gasteiger partial charge in [0.2, 0.25) is 5.91 Å². The molecule has 2 fully saturated rings. The van der Waals surface area contributed by atoms with E-state index in [9.17, 15) is 9.90 Å². The van der Waals surface area contributed by atoms with Crippen molar-refractivity contribution in [3.8, 4) is 0 Å². The van der Waals surface area contributed by atoms with Crippen molar-refractivity contribution in [1.29, 1.82) is 0 Å². The standard InChI is InChI=1S/C11H20N2O2/c1-12-5-2-3-9(7-12)11(15)13-6-4-10(14)8-13/h9-10,14H,2-8H2,1H3/t9-,10+/m1/s1. The summed E-state index contributed by atoms with van der Waals surface area (Å²) in [6.45, 7) is 3.26. The number of hydrogen-bond donors (Lipinski definition) is 1. The highest BCUT2D eigenvalue weighted by Crippen LogP contribution is 2.20. The molecule has 0 spiro atoms. The third-order valence-electron chi connectivity index (χ3n) is 3.45. The van der Waals surface area contributed by atoms with Crippen LogP contribution in [0.2, 0.25) is 0 Å². The van der Waals surface area contributed by atoms with E-state index in [1.807, 2.05) is 4.90 Å². The van der Waals surface area contributed by atoms with E-state index >= 15 is 0 Å². The van der Waals surface area contributed by atoms with Gasteiger partial charge in [0, 0.05) is 19.6 Å². The van der Waals surface area contributed by atoms with Gasteiger partial charge in [0.05, 0.1) is 12.0 Å². The van der Waals surface area contributed by atoms with E-state index in [2.05, 4.69) is 11.9 Å². The van der Waals surface area contributed by atoms with Gasteiger partial charge >= 0.3 is 0 Å². The van der Waals surface area contributed by atoms with E-state index in [-0.39, 0.29) is 17.9 Å². The highest BCUT2D eigenvalue weighted by Gasteiger charge is 2.31. The van der Waals surface area contributed by atoms with Crippen molar-refractivity contribution >= 4 is 5.91 Å². The molecular formula is C11H20N2O2. The van der Waals surface area contributed by atoms with Crippen molar-refractivity contribution in [3.05, 3.63) is 0 Å². The Bertz CT molecular complexity index is 245. The fraction of sp³-hybridized carbons (Fsp3) is 0.909. The first-order valence-corrected chi connectivity index (χ1v) is 5.82. The predicted molar refractivity (Wildman–Crippen MR) is 57.4 cm³/mol. The van der Waals surface area contributed by atoms with Crippen molar-refractivity contribution < 1.29 is 9.90 Å². The molecule has 1 N–H and O–H groups in total. The molecule has 0 aromatic rings. The van der Waals surface area contributed by atoms with E-state index in [1.165, 1.54) is 0 Å². The SMILES string of the molecule is CN1CCC[C@@H](C(=O)N2CC[C@H](O)C2)C1. The summed E-state index contributed by atoms with van der Waals surface area (Å²) in [5.74, 6) is 0.409. The zero-order valence-corrected chi connectivity index (χ0v) is 9.35. The Hall–Kier alpha value is -0.610. The van der Waals surface area contributed by atoms with Crippen LogP contribution >= 0.6 is 0 Å². The van der Waals surface area contributed by atoms with Gasteiger partial charge in [-0.3, -0.25) is 4.79 Å². The lowest BCUT2D eigenvalue weighted by molar-refractivity contribution is -0.136. The molecular weight excluding hydrogens is 192 g/mol. The Balaban J connectivity index is 1.89. The molecule has 4 nitrogen and oxygen atoms in total. The fourth-order valence-electron chi connectivity index (χ4n) is 2.57. The quantitative estimate of drug-likeness (QED) is 0.661. The highest BCUT2D eigenvalue weighted by atomic mass is 16.3. The maximum atomic E-state index is 12.1. The number of carbonyl (C=O) groups excluding carboxylic acids is 1. The van der Waals surface area contributed by atoms with E-state index in [4.69, 9.17) is 0 Å². The average Bonchev–Trinajstić information content (AvgIpc) is 2.64. The second-order valence-corrected chi connectivity index (χ2v) is 4.83. The summed E-state index contributed by atoms with van der Waals surface area (Å²) in [6.07, 6.45) is 2.57. The molecule has 0 aliphatic carbocycles. The average molecular weight is 212 g/mol. The number of amides is 1. The van der Waals surface area contributed by atoms with E-state index in [1.54, 1.807) is 0 Å². The van der Waals surface area contributed by atoms with Crippen LogP contribution in [0.25, 0.3) is 0 Å². The van der Waals surface area contributed by atoms with Crippen LogP contribution in [0.15, 0.2) is 0 Å². The van der Waals surface area contributed by atoms with Gasteiger partial charge in [0.25, 0.3) is 0 Å². The van der Waals surface area contributed by atoms with Gasteiger partial charge in [0.1, 0.15) is 0 Å². The Labute approximate surface area is 90.9 Å². The van der Waals surface area contributed by atoms with Gasteiger partial charge in [-0.05, 0) is 32.9 Å². The van der Waals surface area contributed by atoms with Crippen LogP contribution in [-0.2, 0) is 4.79 Å². The molecule has 0 bridgehead atoms. The fourth-order valence-corrected chi connectivity index (χ4v) is 2.57. The number of nitrogens with zero attached hydrogens (tertiary/aromatic N) is 2. The second-order valence-electron chi connectivity index (χ2n) is 4.83. The molecule has 1 amide bonds. The molecule has 0 aromatic heterocycles. The zero-order valence-electron chi connectivity index (χ0n) is 9.35. The Kier molecular flexibility index (Phi) is 3.26. The maximum absolute atomic E-state index is 12.1. The minimum absolute atomic E-state index is 0.161. The van der Waals surface area contributed by atoms with E-state index in [0.29, 0.717) is 6.54 Å². The summed E-state index contributed by atoms with van der Waals surface area (Å²) in [5.41, 5.74) is 0. The number of aliphatic hydroxyl groups excluding tert-OH is 1. The minimum Gasteiger partial charge on any atom is -0.391 e. The summed E-state index contributed by atoms with van der Waals surface area (Å²) < 4.78 is 0. The molecule has 2 aliphatic rings. The van der Waals surface area contributed by atoms with Gasteiger partial charge in [-0.25, -0.2) is 0 Å². The number of carbonyl (C=O) groups is 1. The summed E-state index contributed by atoms with van der Waals surface area (Å²) in [7, 11) is 2.07. The van der Waals surface area contributed by atoms with Gasteiger partial charge < -0.3 is 14.9 Å². The first kappa shape index (κ1) is 10.9. The lowest BCUT2D eigenvalue weighted by atomic mass is 9.97. The van der Waals surface area contributed by atoms with Crippen molar-refractivity contribution in [2.75, 3.05) is 33.2 Å². The molecule has 2 atom stereocenters. The van der Waals surface area contributed by atoms with Gasteiger partial charge in [-0.2, -0.15) is 0 Å².